The Hall–Kier alpha value is -3.43. The molecule has 1 aliphatic heterocycles. The fraction of sp³-hybridized carbons (Fsp3) is 0.419. The Morgan fingerprint density at radius 3 is 2.40 bits per heavy atom. The van der Waals surface area contributed by atoms with Gasteiger partial charge >= 0.3 is 5.97 Å². The third kappa shape index (κ3) is 5.71. The summed E-state index contributed by atoms with van der Waals surface area (Å²) in [5.41, 5.74) is 5.83. The highest BCUT2D eigenvalue weighted by Crippen LogP contribution is 2.40. The fourth-order valence-electron chi connectivity index (χ4n) is 6.00. The highest BCUT2D eigenvalue weighted by atomic mass is 32.2. The van der Waals surface area contributed by atoms with Gasteiger partial charge in [-0.2, -0.15) is 4.31 Å². The van der Waals surface area contributed by atoms with Gasteiger partial charge in [-0.1, -0.05) is 67.5 Å². The van der Waals surface area contributed by atoms with Gasteiger partial charge in [-0.05, 0) is 60.8 Å². The lowest BCUT2D eigenvalue weighted by Gasteiger charge is -2.31. The van der Waals surface area contributed by atoms with Gasteiger partial charge in [-0.25, -0.2) is 8.42 Å². The number of fused-ring (bicyclic) bond motifs is 1. The van der Waals surface area contributed by atoms with Crippen LogP contribution in [0.2, 0.25) is 0 Å². The number of rotatable bonds is 9. The van der Waals surface area contributed by atoms with Crippen molar-refractivity contribution >= 4 is 21.7 Å². The molecule has 2 aromatic carbocycles. The molecule has 1 saturated heterocycles. The number of aromatic nitrogens is 1. The third-order valence-electron chi connectivity index (χ3n) is 7.90. The Bertz CT molecular complexity index is 1530. The van der Waals surface area contributed by atoms with Gasteiger partial charge in [0.2, 0.25) is 10.0 Å². The molecule has 0 atom stereocenters. The van der Waals surface area contributed by atoms with Crippen molar-refractivity contribution in [3.05, 3.63) is 88.2 Å². The van der Waals surface area contributed by atoms with E-state index in [4.69, 9.17) is 4.84 Å². The molecule has 2 heterocycles. The van der Waals surface area contributed by atoms with E-state index in [0.717, 1.165) is 46.6 Å². The molecule has 212 valence electrons. The molecule has 2 aliphatic rings. The van der Waals surface area contributed by atoms with Crippen LogP contribution in [-0.4, -0.2) is 47.2 Å². The van der Waals surface area contributed by atoms with Crippen LogP contribution in [0, 0.1) is 12.3 Å². The fourth-order valence-corrected chi connectivity index (χ4v) is 7.74. The number of sulfonamides is 1. The van der Waals surface area contributed by atoms with E-state index >= 15 is 0 Å². The summed E-state index contributed by atoms with van der Waals surface area (Å²) in [6.45, 7) is 7.43. The molecule has 0 amide bonds. The summed E-state index contributed by atoms with van der Waals surface area (Å²) < 4.78 is 30.6. The number of hydrogen-bond acceptors (Lipinski definition) is 5. The first kappa shape index (κ1) is 28.1. The smallest absolute Gasteiger partial charge is 0.323 e. The van der Waals surface area contributed by atoms with Crippen LogP contribution in [0.15, 0.2) is 64.6 Å². The van der Waals surface area contributed by atoms with E-state index in [9.17, 15) is 18.3 Å². The first-order valence-corrected chi connectivity index (χ1v) is 15.2. The number of benzene rings is 2. The van der Waals surface area contributed by atoms with E-state index in [2.05, 4.69) is 19.0 Å². The van der Waals surface area contributed by atoms with Crippen molar-refractivity contribution in [3.63, 3.8) is 0 Å². The molecule has 40 heavy (non-hydrogen) atoms. The summed E-state index contributed by atoms with van der Waals surface area (Å²) in [7, 11) is -3.64. The Morgan fingerprint density at radius 2 is 1.70 bits per heavy atom. The maximum absolute atomic E-state index is 13.6. The van der Waals surface area contributed by atoms with Gasteiger partial charge in [0, 0.05) is 36.5 Å². The SMILES string of the molecule is Cc1c(Cc2ccccc2S(=O)(=O)N2CCCC2)c2c(n1CC(=O)O)CC(C)(C)C/C2=N/OCc1ccccc1. The second-order valence-electron chi connectivity index (χ2n) is 11.6. The topological polar surface area (TPSA) is 101 Å². The van der Waals surface area contributed by atoms with E-state index < -0.39 is 16.0 Å². The molecule has 0 unspecified atom stereocenters. The molecule has 0 radical (unpaired) electrons. The first-order valence-electron chi connectivity index (χ1n) is 13.8. The van der Waals surface area contributed by atoms with E-state index in [0.29, 0.717) is 49.4 Å². The number of carbonyl (C=O) groups is 1. The molecule has 9 heteroatoms. The van der Waals surface area contributed by atoms with Crippen molar-refractivity contribution in [2.45, 2.75) is 70.9 Å². The van der Waals surface area contributed by atoms with Crippen molar-refractivity contribution in [3.8, 4) is 0 Å². The average molecular weight is 564 g/mol. The van der Waals surface area contributed by atoms with Crippen LogP contribution < -0.4 is 0 Å². The van der Waals surface area contributed by atoms with Gasteiger partial charge in [0.05, 0.1) is 10.6 Å². The highest BCUT2D eigenvalue weighted by molar-refractivity contribution is 7.89. The predicted molar refractivity (Wildman–Crippen MR) is 154 cm³/mol. The maximum atomic E-state index is 13.6. The molecular weight excluding hydrogens is 526 g/mol. The highest BCUT2D eigenvalue weighted by Gasteiger charge is 2.37. The summed E-state index contributed by atoms with van der Waals surface area (Å²) in [6.07, 6.45) is 3.42. The number of hydrogen-bond donors (Lipinski definition) is 1. The molecule has 5 rings (SSSR count). The van der Waals surface area contributed by atoms with Gasteiger partial charge < -0.3 is 14.5 Å². The average Bonchev–Trinajstić information content (AvgIpc) is 3.54. The Labute approximate surface area is 236 Å². The second-order valence-corrected chi connectivity index (χ2v) is 13.5. The molecule has 1 N–H and O–H groups in total. The zero-order chi connectivity index (χ0) is 28.5. The molecule has 1 aromatic heterocycles. The minimum Gasteiger partial charge on any atom is -0.480 e. The van der Waals surface area contributed by atoms with E-state index in [1.165, 1.54) is 0 Å². The van der Waals surface area contributed by atoms with E-state index in [-0.39, 0.29) is 12.0 Å². The summed E-state index contributed by atoms with van der Waals surface area (Å²) in [4.78, 5) is 18.1. The van der Waals surface area contributed by atoms with Gasteiger partial charge in [0.25, 0.3) is 0 Å². The largest absolute Gasteiger partial charge is 0.480 e. The number of oxime groups is 1. The summed E-state index contributed by atoms with van der Waals surface area (Å²) in [5.74, 6) is -0.924. The molecule has 1 aliphatic carbocycles. The number of carboxylic acid groups (broad SMARTS) is 1. The molecule has 0 spiro atoms. The van der Waals surface area contributed by atoms with Crippen LogP contribution in [0.3, 0.4) is 0 Å². The molecule has 1 fully saturated rings. The summed E-state index contributed by atoms with van der Waals surface area (Å²) >= 11 is 0. The lowest BCUT2D eigenvalue weighted by atomic mass is 9.74. The van der Waals surface area contributed by atoms with Crippen molar-refractivity contribution < 1.29 is 23.2 Å². The Balaban J connectivity index is 1.60. The molecule has 3 aromatic rings. The predicted octanol–water partition coefficient (Wildman–Crippen LogP) is 5.15. The summed E-state index contributed by atoms with van der Waals surface area (Å²) in [5, 5.41) is 14.4. The standard InChI is InChI=1S/C31H37N3O5S/c1-22-25(17-24-13-7-8-14-28(24)40(37,38)33-15-9-10-16-33)30-26(32-39-21-23-11-5-4-6-12-23)18-31(2,3)19-27(30)34(22)20-29(35)36/h4-8,11-14H,9-10,15-21H2,1-3H3,(H,35,36)/b32-26-. The minimum absolute atomic E-state index is 0.155. The van der Waals surface area contributed by atoms with Crippen molar-refractivity contribution in [2.75, 3.05) is 13.1 Å². The van der Waals surface area contributed by atoms with Crippen LogP contribution >= 0.6 is 0 Å². The van der Waals surface area contributed by atoms with Crippen molar-refractivity contribution in [1.82, 2.24) is 8.87 Å². The van der Waals surface area contributed by atoms with Crippen LogP contribution in [0.4, 0.5) is 0 Å². The van der Waals surface area contributed by atoms with Crippen LogP contribution in [0.1, 0.15) is 66.8 Å². The van der Waals surface area contributed by atoms with Crippen molar-refractivity contribution in [2.24, 2.45) is 10.6 Å². The van der Waals surface area contributed by atoms with Crippen molar-refractivity contribution in [1.29, 1.82) is 0 Å². The third-order valence-corrected chi connectivity index (χ3v) is 9.90. The normalized spacial score (nSPS) is 18.1. The van der Waals surface area contributed by atoms with Crippen LogP contribution in [-0.2, 0) is 45.6 Å². The number of aliphatic carboxylic acids is 1. The monoisotopic (exact) mass is 563 g/mol. The summed E-state index contributed by atoms with van der Waals surface area (Å²) in [6, 6.07) is 17.0. The van der Waals surface area contributed by atoms with Crippen LogP contribution in [0.5, 0.6) is 0 Å². The van der Waals surface area contributed by atoms with Gasteiger partial charge in [-0.3, -0.25) is 4.79 Å². The Kier molecular flexibility index (Phi) is 7.88. The molecule has 0 saturated carbocycles. The van der Waals surface area contributed by atoms with Gasteiger partial charge in [0.15, 0.2) is 0 Å². The molecule has 8 nitrogen and oxygen atoms in total. The quantitative estimate of drug-likeness (QED) is 0.363. The second kappa shape index (κ2) is 11.2. The molecular formula is C31H37N3O5S. The maximum Gasteiger partial charge on any atom is 0.323 e. The minimum atomic E-state index is -3.64. The first-order chi connectivity index (χ1) is 19.1. The lowest BCUT2D eigenvalue weighted by molar-refractivity contribution is -0.137. The van der Waals surface area contributed by atoms with Gasteiger partial charge in [-0.15, -0.1) is 0 Å². The lowest BCUT2D eigenvalue weighted by Crippen LogP contribution is -2.30. The Morgan fingerprint density at radius 1 is 1.02 bits per heavy atom. The van der Waals surface area contributed by atoms with Crippen LogP contribution in [0.25, 0.3) is 0 Å². The zero-order valence-corrected chi connectivity index (χ0v) is 24.2. The van der Waals surface area contributed by atoms with E-state index in [1.54, 1.807) is 16.4 Å². The number of nitrogens with zero attached hydrogens (tertiary/aromatic N) is 3. The number of carboxylic acids is 1. The zero-order valence-electron chi connectivity index (χ0n) is 23.4. The molecule has 0 bridgehead atoms. The van der Waals surface area contributed by atoms with Gasteiger partial charge in [0.1, 0.15) is 13.2 Å². The van der Waals surface area contributed by atoms with E-state index in [1.807, 2.05) is 54.0 Å².